The fourth-order valence-corrected chi connectivity index (χ4v) is 3.19. The van der Waals surface area contributed by atoms with Gasteiger partial charge in [-0.15, -0.1) is 5.06 Å². The van der Waals surface area contributed by atoms with Crippen molar-refractivity contribution in [1.29, 1.82) is 0 Å². The number of carbonyl (C=O) groups excluding carboxylic acids is 6. The zero-order valence-corrected chi connectivity index (χ0v) is 15.2. The third kappa shape index (κ3) is 3.06. The van der Waals surface area contributed by atoms with Crippen LogP contribution in [-0.4, -0.2) is 51.9 Å². The summed E-state index contributed by atoms with van der Waals surface area (Å²) in [5.41, 5.74) is -0.461. The van der Waals surface area contributed by atoms with Gasteiger partial charge in [0.05, 0.1) is 16.9 Å². The number of benzene rings is 1. The van der Waals surface area contributed by atoms with Crippen molar-refractivity contribution in [3.05, 3.63) is 48.1 Å². The number of aliphatic hydroxyl groups excluding tert-OH is 1. The first-order valence-corrected chi connectivity index (χ1v) is 8.76. The second-order valence-corrected chi connectivity index (χ2v) is 6.51. The molecule has 3 aliphatic rings. The number of hydrogen-bond acceptors (Lipinski definition) is 8. The summed E-state index contributed by atoms with van der Waals surface area (Å²) in [7, 11) is 0. The molecule has 5 amide bonds. The number of carbonyl (C=O) groups is 6. The Bertz CT molecular complexity index is 1050. The van der Waals surface area contributed by atoms with Gasteiger partial charge in [-0.2, -0.15) is 0 Å². The second kappa shape index (κ2) is 7.04. The summed E-state index contributed by atoms with van der Waals surface area (Å²) in [6.07, 6.45) is 2.89. The summed E-state index contributed by atoms with van der Waals surface area (Å²) in [5.74, 6) is -4.46. The van der Waals surface area contributed by atoms with Gasteiger partial charge >= 0.3 is 5.97 Å². The molecule has 11 heteroatoms. The van der Waals surface area contributed by atoms with E-state index in [1.165, 1.54) is 12.1 Å². The third-order valence-electron chi connectivity index (χ3n) is 4.63. The fraction of sp³-hybridized carbons (Fsp3) is 0.158. The molecule has 1 aromatic rings. The zero-order valence-electron chi connectivity index (χ0n) is 15.2. The Hall–Kier alpha value is -4.12. The fourth-order valence-electron chi connectivity index (χ4n) is 3.19. The SMILES string of the molecule is O=C(ON1C(=O)CCC1O)c1ccc(N2C(=O)C=CC2=O)c(N2C(=O)C=CC2=O)c1. The molecule has 30 heavy (non-hydrogen) atoms. The smallest absolute Gasteiger partial charge is 0.363 e. The van der Waals surface area contributed by atoms with Crippen molar-refractivity contribution < 1.29 is 38.7 Å². The lowest BCUT2D eigenvalue weighted by Gasteiger charge is -2.24. The molecule has 1 aromatic carbocycles. The molecule has 0 aliphatic carbocycles. The molecule has 0 aromatic heterocycles. The molecule has 1 saturated heterocycles. The Morgan fingerprint density at radius 2 is 1.40 bits per heavy atom. The lowest BCUT2D eigenvalue weighted by atomic mass is 10.1. The minimum absolute atomic E-state index is 0.00721. The first-order chi connectivity index (χ1) is 14.3. The molecule has 3 aliphatic heterocycles. The van der Waals surface area contributed by atoms with E-state index in [0.717, 1.165) is 35.3 Å². The number of amides is 5. The molecule has 1 atom stereocenters. The van der Waals surface area contributed by atoms with Crippen LogP contribution in [0.5, 0.6) is 0 Å². The highest BCUT2D eigenvalue weighted by Gasteiger charge is 2.36. The highest BCUT2D eigenvalue weighted by molar-refractivity contribution is 6.33. The van der Waals surface area contributed by atoms with Crippen LogP contribution in [0.15, 0.2) is 42.5 Å². The minimum atomic E-state index is -1.28. The number of aliphatic hydroxyl groups is 1. The van der Waals surface area contributed by atoms with Gasteiger partial charge in [0.2, 0.25) is 0 Å². The normalized spacial score (nSPS) is 20.9. The van der Waals surface area contributed by atoms with E-state index < -0.39 is 41.7 Å². The van der Waals surface area contributed by atoms with Crippen molar-refractivity contribution >= 4 is 46.9 Å². The van der Waals surface area contributed by atoms with Crippen LogP contribution in [0, 0.1) is 0 Å². The van der Waals surface area contributed by atoms with Crippen molar-refractivity contribution in [3.63, 3.8) is 0 Å². The largest absolute Gasteiger partial charge is 0.370 e. The quantitative estimate of drug-likeness (QED) is 0.657. The molecule has 0 radical (unpaired) electrons. The Labute approximate surface area is 168 Å². The average molecular weight is 411 g/mol. The van der Waals surface area contributed by atoms with Crippen LogP contribution in [0.4, 0.5) is 11.4 Å². The average Bonchev–Trinajstić information content (AvgIpc) is 3.34. The summed E-state index contributed by atoms with van der Waals surface area (Å²) < 4.78 is 0. The Kier molecular flexibility index (Phi) is 4.51. The van der Waals surface area contributed by atoms with Gasteiger partial charge in [0.25, 0.3) is 29.5 Å². The maximum atomic E-state index is 12.5. The highest BCUT2D eigenvalue weighted by atomic mass is 16.7. The summed E-state index contributed by atoms with van der Waals surface area (Å²) in [6.45, 7) is 0. The maximum Gasteiger partial charge on any atom is 0.363 e. The topological polar surface area (TPSA) is 142 Å². The van der Waals surface area contributed by atoms with E-state index in [-0.39, 0.29) is 29.8 Å². The van der Waals surface area contributed by atoms with E-state index in [0.29, 0.717) is 9.96 Å². The number of anilines is 2. The summed E-state index contributed by atoms with van der Waals surface area (Å²) in [5, 5.41) is 10.3. The van der Waals surface area contributed by atoms with Crippen LogP contribution >= 0.6 is 0 Å². The maximum absolute atomic E-state index is 12.5. The van der Waals surface area contributed by atoms with Crippen LogP contribution in [0.3, 0.4) is 0 Å². The number of imide groups is 2. The van der Waals surface area contributed by atoms with E-state index in [4.69, 9.17) is 4.84 Å². The molecule has 0 bridgehead atoms. The van der Waals surface area contributed by atoms with Crippen molar-refractivity contribution in [1.82, 2.24) is 5.06 Å². The second-order valence-electron chi connectivity index (χ2n) is 6.51. The number of rotatable bonds is 4. The van der Waals surface area contributed by atoms with Gasteiger partial charge < -0.3 is 9.94 Å². The van der Waals surface area contributed by atoms with E-state index in [2.05, 4.69) is 0 Å². The van der Waals surface area contributed by atoms with Crippen LogP contribution in [0.25, 0.3) is 0 Å². The zero-order chi connectivity index (χ0) is 21.6. The molecule has 4 rings (SSSR count). The monoisotopic (exact) mass is 411 g/mol. The lowest BCUT2D eigenvalue weighted by Crippen LogP contribution is -2.36. The van der Waals surface area contributed by atoms with Crippen molar-refractivity contribution in [3.8, 4) is 0 Å². The van der Waals surface area contributed by atoms with E-state index in [1.54, 1.807) is 0 Å². The molecule has 1 fully saturated rings. The van der Waals surface area contributed by atoms with Gasteiger partial charge in [-0.3, -0.25) is 24.0 Å². The standard InChI is InChI=1S/C19H13N3O8/c23-13-3-4-14(24)20(13)11-2-1-10(9-12(11)21-15(25)5-6-16(21)26)19(29)30-22-17(27)7-8-18(22)28/h1-6,9,17,27H,7-8H2. The predicted octanol–water partition coefficient (Wildman–Crippen LogP) is -0.442. The summed E-state index contributed by atoms with van der Waals surface area (Å²) >= 11 is 0. The predicted molar refractivity (Wildman–Crippen MR) is 97.2 cm³/mol. The van der Waals surface area contributed by atoms with E-state index in [9.17, 15) is 33.9 Å². The molecule has 0 spiro atoms. The third-order valence-corrected chi connectivity index (χ3v) is 4.63. The molecular weight excluding hydrogens is 398 g/mol. The van der Waals surface area contributed by atoms with Crippen molar-refractivity contribution in [2.45, 2.75) is 19.1 Å². The molecule has 3 heterocycles. The van der Waals surface area contributed by atoms with Gasteiger partial charge in [0, 0.05) is 37.1 Å². The molecule has 1 N–H and O–H groups in total. The highest BCUT2D eigenvalue weighted by Crippen LogP contribution is 2.34. The minimum Gasteiger partial charge on any atom is -0.370 e. The number of nitrogens with zero attached hydrogens (tertiary/aromatic N) is 3. The van der Waals surface area contributed by atoms with Crippen molar-refractivity contribution in [2.24, 2.45) is 0 Å². The number of hydrogen-bond donors (Lipinski definition) is 1. The first-order valence-electron chi connectivity index (χ1n) is 8.76. The summed E-state index contributed by atoms with van der Waals surface area (Å²) in [6, 6.07) is 3.49. The molecule has 0 saturated carbocycles. The van der Waals surface area contributed by atoms with Crippen molar-refractivity contribution in [2.75, 3.05) is 9.80 Å². The summed E-state index contributed by atoms with van der Waals surface area (Å²) in [4.78, 5) is 79.1. The van der Waals surface area contributed by atoms with E-state index in [1.807, 2.05) is 0 Å². The van der Waals surface area contributed by atoms with Crippen LogP contribution in [0.1, 0.15) is 23.2 Å². The lowest BCUT2D eigenvalue weighted by molar-refractivity contribution is -0.191. The Balaban J connectivity index is 1.73. The van der Waals surface area contributed by atoms with Gasteiger partial charge in [-0.1, -0.05) is 0 Å². The first kappa shape index (κ1) is 19.2. The van der Waals surface area contributed by atoms with Crippen LogP contribution in [0.2, 0.25) is 0 Å². The van der Waals surface area contributed by atoms with Gasteiger partial charge in [0.15, 0.2) is 6.23 Å². The Morgan fingerprint density at radius 3 is 1.90 bits per heavy atom. The Morgan fingerprint density at radius 1 is 0.867 bits per heavy atom. The molecule has 11 nitrogen and oxygen atoms in total. The molecular formula is C19H13N3O8. The van der Waals surface area contributed by atoms with Gasteiger partial charge in [0.1, 0.15) is 0 Å². The van der Waals surface area contributed by atoms with Crippen LogP contribution in [-0.2, 0) is 28.8 Å². The van der Waals surface area contributed by atoms with E-state index >= 15 is 0 Å². The number of hydroxylamine groups is 2. The van der Waals surface area contributed by atoms with Gasteiger partial charge in [-0.25, -0.2) is 14.6 Å². The van der Waals surface area contributed by atoms with Gasteiger partial charge in [-0.05, 0) is 18.2 Å². The molecule has 152 valence electrons. The van der Waals surface area contributed by atoms with Crippen LogP contribution < -0.4 is 9.80 Å². The molecule has 1 unspecified atom stereocenters.